The van der Waals surface area contributed by atoms with E-state index in [0.717, 1.165) is 6.42 Å². The first kappa shape index (κ1) is 23.6. The third-order valence-electron chi connectivity index (χ3n) is 5.32. The Bertz CT molecular complexity index is 1070. The molecule has 0 radical (unpaired) electrons. The van der Waals surface area contributed by atoms with E-state index in [-0.39, 0.29) is 23.3 Å². The van der Waals surface area contributed by atoms with E-state index in [1.807, 2.05) is 20.8 Å². The number of fused-ring (bicyclic) bond motifs is 1. The fourth-order valence-electron chi connectivity index (χ4n) is 3.52. The van der Waals surface area contributed by atoms with Crippen molar-refractivity contribution < 1.29 is 22.7 Å². The van der Waals surface area contributed by atoms with Gasteiger partial charge in [-0.2, -0.15) is 0 Å². The van der Waals surface area contributed by atoms with Gasteiger partial charge in [-0.15, -0.1) is 0 Å². The molecule has 1 unspecified atom stereocenters. The molecule has 0 saturated heterocycles. The lowest BCUT2D eigenvalue weighted by atomic mass is 10.2. The molecule has 1 aliphatic heterocycles. The van der Waals surface area contributed by atoms with Gasteiger partial charge in [0.15, 0.2) is 6.10 Å². The van der Waals surface area contributed by atoms with Crippen molar-refractivity contribution in [3.05, 3.63) is 54.1 Å². The monoisotopic (exact) mass is 459 g/mol. The van der Waals surface area contributed by atoms with Gasteiger partial charge in [0.2, 0.25) is 0 Å². The lowest BCUT2D eigenvalue weighted by molar-refractivity contribution is -0.127. The summed E-state index contributed by atoms with van der Waals surface area (Å²) >= 11 is 0. The quantitative estimate of drug-likeness (QED) is 0.655. The molecule has 0 bridgehead atoms. The average Bonchev–Trinajstić information content (AvgIpc) is 2.82. The van der Waals surface area contributed by atoms with E-state index in [9.17, 15) is 18.0 Å². The van der Waals surface area contributed by atoms with Crippen LogP contribution in [-0.4, -0.2) is 57.4 Å². The minimum atomic E-state index is -3.99. The van der Waals surface area contributed by atoms with Gasteiger partial charge in [-0.25, -0.2) is 8.42 Å². The number of sulfonamides is 1. The smallest absolute Gasteiger partial charge is 0.264 e. The number of benzene rings is 2. The van der Waals surface area contributed by atoms with Gasteiger partial charge < -0.3 is 15.0 Å². The van der Waals surface area contributed by atoms with Gasteiger partial charge in [-0.05, 0) is 56.7 Å². The summed E-state index contributed by atoms with van der Waals surface area (Å²) in [5.41, 5.74) is 0.794. The molecule has 3 rings (SSSR count). The molecule has 0 fully saturated rings. The molecule has 2 aromatic carbocycles. The first-order valence-corrected chi connectivity index (χ1v) is 12.2. The number of nitrogens with zero attached hydrogens (tertiary/aromatic N) is 2. The summed E-state index contributed by atoms with van der Waals surface area (Å²) in [4.78, 5) is 26.8. The third kappa shape index (κ3) is 4.72. The Hall–Kier alpha value is -3.07. The molecule has 2 amide bonds. The van der Waals surface area contributed by atoms with Crippen LogP contribution in [0.15, 0.2) is 53.4 Å². The van der Waals surface area contributed by atoms with E-state index in [2.05, 4.69) is 5.32 Å². The number of ether oxygens (including phenoxy) is 1. The molecule has 2 aromatic rings. The van der Waals surface area contributed by atoms with Gasteiger partial charge in [0, 0.05) is 25.2 Å². The fraction of sp³-hybridized carbons (Fsp3) is 0.391. The molecule has 0 saturated carbocycles. The summed E-state index contributed by atoms with van der Waals surface area (Å²) in [6.07, 6.45) is -0.204. The first-order valence-electron chi connectivity index (χ1n) is 10.8. The van der Waals surface area contributed by atoms with Gasteiger partial charge in [0.25, 0.3) is 21.8 Å². The Morgan fingerprint density at radius 2 is 1.72 bits per heavy atom. The normalized spacial score (nSPS) is 15.5. The molecule has 172 valence electrons. The maximum absolute atomic E-state index is 13.5. The minimum Gasteiger partial charge on any atom is -0.476 e. The molecule has 1 N–H and O–H groups in total. The molecular formula is C23H29N3O5S. The molecule has 8 nitrogen and oxygen atoms in total. The number of rotatable bonds is 8. The second-order valence-electron chi connectivity index (χ2n) is 7.40. The highest BCUT2D eigenvalue weighted by molar-refractivity contribution is 7.92. The summed E-state index contributed by atoms with van der Waals surface area (Å²) in [5.74, 6) is -0.183. The number of anilines is 1. The van der Waals surface area contributed by atoms with Crippen LogP contribution in [0.1, 0.15) is 37.6 Å². The second-order valence-corrected chi connectivity index (χ2v) is 9.27. The zero-order valence-corrected chi connectivity index (χ0v) is 19.4. The van der Waals surface area contributed by atoms with E-state index < -0.39 is 16.1 Å². The lowest BCUT2D eigenvalue weighted by Gasteiger charge is -2.34. The van der Waals surface area contributed by atoms with Crippen molar-refractivity contribution in [3.63, 3.8) is 0 Å². The number of amides is 2. The molecule has 0 aromatic heterocycles. The van der Waals surface area contributed by atoms with Crippen LogP contribution in [0.5, 0.6) is 5.75 Å². The number of carbonyl (C=O) groups excluding carboxylic acids is 2. The number of para-hydroxylation sites is 2. The largest absolute Gasteiger partial charge is 0.476 e. The molecule has 0 spiro atoms. The number of hydrogen-bond acceptors (Lipinski definition) is 5. The number of nitrogens with one attached hydrogen (secondary N) is 1. The molecule has 1 aliphatic rings. The number of carbonyl (C=O) groups is 2. The van der Waals surface area contributed by atoms with E-state index >= 15 is 0 Å². The second kappa shape index (κ2) is 10.0. The van der Waals surface area contributed by atoms with Crippen LogP contribution in [0.25, 0.3) is 0 Å². The van der Waals surface area contributed by atoms with Crippen LogP contribution < -0.4 is 14.4 Å². The van der Waals surface area contributed by atoms with E-state index in [1.54, 1.807) is 29.2 Å². The molecule has 1 atom stereocenters. The van der Waals surface area contributed by atoms with Gasteiger partial charge in [0.1, 0.15) is 5.75 Å². The van der Waals surface area contributed by atoms with Crippen molar-refractivity contribution in [2.75, 3.05) is 30.5 Å². The van der Waals surface area contributed by atoms with Gasteiger partial charge in [-0.1, -0.05) is 19.1 Å². The minimum absolute atomic E-state index is 0.0398. The Balaban J connectivity index is 1.92. The average molecular weight is 460 g/mol. The predicted octanol–water partition coefficient (Wildman–Crippen LogP) is 2.65. The topological polar surface area (TPSA) is 96.0 Å². The first-order chi connectivity index (χ1) is 15.3. The highest BCUT2D eigenvalue weighted by Crippen LogP contribution is 2.36. The Morgan fingerprint density at radius 1 is 1.06 bits per heavy atom. The maximum Gasteiger partial charge on any atom is 0.264 e. The van der Waals surface area contributed by atoms with E-state index in [4.69, 9.17) is 4.74 Å². The standard InChI is InChI=1S/C23H29N3O5S/c1-4-15-24-22(27)21-16-26(19-9-7-8-10-20(19)31-21)32(29,30)18-13-11-17(12-14-18)23(28)25(5-2)6-3/h7-14,21H,4-6,15-16H2,1-3H3,(H,24,27). The van der Waals surface area contributed by atoms with Crippen molar-refractivity contribution in [1.29, 1.82) is 0 Å². The zero-order valence-electron chi connectivity index (χ0n) is 18.6. The summed E-state index contributed by atoms with van der Waals surface area (Å²) in [6.45, 7) is 7.20. The van der Waals surface area contributed by atoms with Crippen molar-refractivity contribution in [2.24, 2.45) is 0 Å². The zero-order chi connectivity index (χ0) is 23.3. The van der Waals surface area contributed by atoms with Gasteiger partial charge >= 0.3 is 0 Å². The van der Waals surface area contributed by atoms with Crippen LogP contribution in [0.4, 0.5) is 5.69 Å². The van der Waals surface area contributed by atoms with Gasteiger partial charge in [-0.3, -0.25) is 13.9 Å². The van der Waals surface area contributed by atoms with Crippen LogP contribution in [0.3, 0.4) is 0 Å². The molecule has 1 heterocycles. The summed E-state index contributed by atoms with van der Waals surface area (Å²) < 4.78 is 34.0. The summed E-state index contributed by atoms with van der Waals surface area (Å²) in [5, 5.41) is 2.76. The van der Waals surface area contributed by atoms with Crippen molar-refractivity contribution in [2.45, 2.75) is 38.2 Å². The third-order valence-corrected chi connectivity index (χ3v) is 7.11. The van der Waals surface area contributed by atoms with Crippen LogP contribution in [0, 0.1) is 0 Å². The van der Waals surface area contributed by atoms with Gasteiger partial charge in [0.05, 0.1) is 17.1 Å². The highest BCUT2D eigenvalue weighted by Gasteiger charge is 2.37. The highest BCUT2D eigenvalue weighted by atomic mass is 32.2. The Kier molecular flexibility index (Phi) is 7.40. The summed E-state index contributed by atoms with van der Waals surface area (Å²) in [6, 6.07) is 12.6. The Labute approximate surface area is 189 Å². The summed E-state index contributed by atoms with van der Waals surface area (Å²) in [7, 11) is -3.99. The molecule has 32 heavy (non-hydrogen) atoms. The van der Waals surface area contributed by atoms with Crippen molar-refractivity contribution >= 4 is 27.5 Å². The van der Waals surface area contributed by atoms with Crippen LogP contribution in [-0.2, 0) is 14.8 Å². The lowest BCUT2D eigenvalue weighted by Crippen LogP contribution is -2.50. The SMILES string of the molecule is CCCNC(=O)C1CN(S(=O)(=O)c2ccc(C(=O)N(CC)CC)cc2)c2ccccc2O1. The Morgan fingerprint density at radius 3 is 2.34 bits per heavy atom. The molecule has 0 aliphatic carbocycles. The molecule has 9 heteroatoms. The van der Waals surface area contributed by atoms with E-state index in [1.165, 1.54) is 28.6 Å². The molecular weight excluding hydrogens is 430 g/mol. The maximum atomic E-state index is 13.5. The number of hydrogen-bond donors (Lipinski definition) is 1. The van der Waals surface area contributed by atoms with Crippen LogP contribution >= 0.6 is 0 Å². The fourth-order valence-corrected chi connectivity index (χ4v) is 4.99. The van der Waals surface area contributed by atoms with Crippen LogP contribution in [0.2, 0.25) is 0 Å². The van der Waals surface area contributed by atoms with Crippen molar-refractivity contribution in [3.8, 4) is 5.75 Å². The predicted molar refractivity (Wildman–Crippen MR) is 122 cm³/mol. The van der Waals surface area contributed by atoms with Crippen molar-refractivity contribution in [1.82, 2.24) is 10.2 Å². The van der Waals surface area contributed by atoms with E-state index in [0.29, 0.717) is 36.6 Å².